The van der Waals surface area contributed by atoms with Gasteiger partial charge in [0.15, 0.2) is 8.07 Å². The van der Waals surface area contributed by atoms with E-state index in [1.54, 1.807) is 24.3 Å². The van der Waals surface area contributed by atoms with Gasteiger partial charge in [-0.2, -0.15) is 0 Å². The van der Waals surface area contributed by atoms with Gasteiger partial charge in [-0.1, -0.05) is 60.7 Å². The van der Waals surface area contributed by atoms with Crippen LogP contribution in [0.4, 0.5) is 11.4 Å². The molecular weight excluding hydrogens is 456 g/mol. The van der Waals surface area contributed by atoms with Crippen LogP contribution in [0.3, 0.4) is 0 Å². The smallest absolute Gasteiger partial charge is 0.258 e. The Labute approximate surface area is 201 Å². The molecule has 1 spiro atoms. The Morgan fingerprint density at radius 1 is 0.514 bits per heavy atom. The summed E-state index contributed by atoms with van der Waals surface area (Å²) < 4.78 is 0. The Balaban J connectivity index is 1.62. The van der Waals surface area contributed by atoms with E-state index >= 15 is 0 Å². The minimum absolute atomic E-state index is 0.0545. The number of rotatable bonds is 4. The Morgan fingerprint density at radius 2 is 0.886 bits per heavy atom. The second-order valence-corrected chi connectivity index (χ2v) is 12.3. The second-order valence-electron chi connectivity index (χ2n) is 8.61. The van der Waals surface area contributed by atoms with Gasteiger partial charge < -0.3 is 0 Å². The maximum absolute atomic E-state index is 11.3. The number of nitro benzene ring substituents is 2. The van der Waals surface area contributed by atoms with E-state index in [9.17, 15) is 20.2 Å². The lowest BCUT2D eigenvalue weighted by atomic mass is 10.1. The van der Waals surface area contributed by atoms with E-state index in [0.717, 1.165) is 21.5 Å². The summed E-state index contributed by atoms with van der Waals surface area (Å²) in [4.78, 5) is 21.8. The van der Waals surface area contributed by atoms with E-state index in [0.29, 0.717) is 0 Å². The SMILES string of the molecule is O=[N+]([O-])c1ccc(C2=CC=C(c3ccc([N+](=O)[O-])cc3)[Si]23c2ccccc2-c2ccccc23)cc1. The number of nitro groups is 2. The molecule has 0 N–H and O–H groups in total. The first-order valence-electron chi connectivity index (χ1n) is 11.1. The van der Waals surface area contributed by atoms with Crippen LogP contribution >= 0.6 is 0 Å². The molecule has 0 atom stereocenters. The van der Waals surface area contributed by atoms with Crippen molar-refractivity contribution in [2.45, 2.75) is 0 Å². The predicted molar refractivity (Wildman–Crippen MR) is 139 cm³/mol. The minimum Gasteiger partial charge on any atom is -0.258 e. The zero-order valence-electron chi connectivity index (χ0n) is 18.4. The molecule has 0 aliphatic carbocycles. The summed E-state index contributed by atoms with van der Waals surface area (Å²) in [6.45, 7) is 0. The number of hydrogen-bond acceptors (Lipinski definition) is 4. The van der Waals surface area contributed by atoms with Crippen molar-refractivity contribution in [1.82, 2.24) is 0 Å². The van der Waals surface area contributed by atoms with Crippen molar-refractivity contribution >= 4 is 40.2 Å². The van der Waals surface area contributed by atoms with E-state index in [1.807, 2.05) is 36.4 Å². The zero-order valence-corrected chi connectivity index (χ0v) is 19.4. The summed E-state index contributed by atoms with van der Waals surface area (Å²) in [5.74, 6) is 0. The lowest BCUT2D eigenvalue weighted by molar-refractivity contribution is -0.385. The third kappa shape index (κ3) is 2.95. The molecule has 0 amide bonds. The summed E-state index contributed by atoms with van der Waals surface area (Å²) in [6, 6.07) is 30.4. The molecule has 0 bridgehead atoms. The molecule has 0 saturated heterocycles. The summed E-state index contributed by atoms with van der Waals surface area (Å²) in [6.07, 6.45) is 4.26. The number of nitrogens with zero attached hydrogens (tertiary/aromatic N) is 2. The number of hydrogen-bond donors (Lipinski definition) is 0. The predicted octanol–water partition coefficient (Wildman–Crippen LogP) is 5.31. The van der Waals surface area contributed by atoms with Gasteiger partial charge in [-0.15, -0.1) is 0 Å². The normalized spacial score (nSPS) is 14.7. The zero-order chi connectivity index (χ0) is 24.2. The van der Waals surface area contributed by atoms with Crippen LogP contribution in [0.1, 0.15) is 11.1 Å². The van der Waals surface area contributed by atoms with Crippen LogP contribution in [-0.2, 0) is 0 Å². The molecule has 0 radical (unpaired) electrons. The average Bonchev–Trinajstić information content (AvgIpc) is 3.42. The molecule has 0 aromatic heterocycles. The van der Waals surface area contributed by atoms with Crippen LogP contribution < -0.4 is 10.4 Å². The van der Waals surface area contributed by atoms with E-state index in [-0.39, 0.29) is 21.2 Å². The Bertz CT molecular complexity index is 1470. The molecule has 2 heterocycles. The third-order valence-electron chi connectivity index (χ3n) is 6.96. The molecule has 0 unspecified atom stereocenters. The maximum atomic E-state index is 11.3. The van der Waals surface area contributed by atoms with Crippen molar-refractivity contribution in [2.24, 2.45) is 0 Å². The van der Waals surface area contributed by atoms with Gasteiger partial charge in [-0.25, -0.2) is 0 Å². The maximum Gasteiger partial charge on any atom is 0.269 e. The standard InChI is InChI=1S/C28H18N2O4Si/c31-29(32)21-13-9-19(10-14-21)25-17-18-26(20-11-15-22(16-12-20)30(33)34)35(25)27-7-3-1-5-23(27)24-6-2-4-8-28(24)35/h1-18H. The summed E-state index contributed by atoms with van der Waals surface area (Å²) in [5, 5.41) is 27.3. The lowest BCUT2D eigenvalue weighted by Gasteiger charge is -2.32. The highest BCUT2D eigenvalue weighted by Crippen LogP contribution is 2.46. The Kier molecular flexibility index (Phi) is 4.62. The first kappa shape index (κ1) is 20.9. The molecule has 0 fully saturated rings. The number of fused-ring (bicyclic) bond motifs is 5. The molecule has 35 heavy (non-hydrogen) atoms. The van der Waals surface area contributed by atoms with Crippen LogP contribution in [0, 0.1) is 20.2 Å². The van der Waals surface area contributed by atoms with Crippen molar-refractivity contribution < 1.29 is 9.85 Å². The van der Waals surface area contributed by atoms with Crippen molar-refractivity contribution in [3.8, 4) is 11.1 Å². The summed E-state index contributed by atoms with van der Waals surface area (Å²) in [5.41, 5.74) is 4.39. The number of benzene rings is 4. The number of allylic oxidation sites excluding steroid dienone is 2. The fourth-order valence-corrected chi connectivity index (χ4v) is 11.1. The van der Waals surface area contributed by atoms with E-state index in [2.05, 4.69) is 48.6 Å². The Morgan fingerprint density at radius 3 is 1.26 bits per heavy atom. The first-order valence-corrected chi connectivity index (χ1v) is 13.1. The summed E-state index contributed by atoms with van der Waals surface area (Å²) >= 11 is 0. The van der Waals surface area contributed by atoms with Crippen molar-refractivity contribution in [1.29, 1.82) is 0 Å². The van der Waals surface area contributed by atoms with Gasteiger partial charge in [0.05, 0.1) is 9.85 Å². The van der Waals surface area contributed by atoms with E-state index in [4.69, 9.17) is 0 Å². The number of non-ortho nitro benzene ring substituents is 2. The molecule has 2 aliphatic heterocycles. The average molecular weight is 475 g/mol. The third-order valence-corrected chi connectivity index (χ3v) is 12.0. The fraction of sp³-hybridized carbons (Fsp3) is 0. The lowest BCUT2D eigenvalue weighted by Crippen LogP contribution is -2.56. The fourth-order valence-electron chi connectivity index (χ4n) is 5.53. The topological polar surface area (TPSA) is 86.3 Å². The van der Waals surface area contributed by atoms with Crippen LogP contribution in [-0.4, -0.2) is 17.9 Å². The molecule has 0 saturated carbocycles. The minimum atomic E-state index is -2.76. The quantitative estimate of drug-likeness (QED) is 0.228. The molecular formula is C28H18N2O4Si. The first-order chi connectivity index (χ1) is 17.0. The molecule has 168 valence electrons. The molecule has 4 aromatic carbocycles. The van der Waals surface area contributed by atoms with Gasteiger partial charge in [0.25, 0.3) is 11.4 Å². The van der Waals surface area contributed by atoms with Crippen LogP contribution in [0.2, 0.25) is 0 Å². The van der Waals surface area contributed by atoms with E-state index < -0.39 is 8.07 Å². The molecule has 6 rings (SSSR count). The monoisotopic (exact) mass is 474 g/mol. The van der Waals surface area contributed by atoms with Crippen molar-refractivity contribution in [3.63, 3.8) is 0 Å². The Hall–Kier alpha value is -4.62. The van der Waals surface area contributed by atoms with Gasteiger partial charge in [-0.05, 0) is 67.3 Å². The van der Waals surface area contributed by atoms with Gasteiger partial charge in [0.2, 0.25) is 0 Å². The van der Waals surface area contributed by atoms with Crippen LogP contribution in [0.25, 0.3) is 21.5 Å². The van der Waals surface area contributed by atoms with Crippen molar-refractivity contribution in [3.05, 3.63) is 141 Å². The highest BCUT2D eigenvalue weighted by molar-refractivity contribution is 7.28. The van der Waals surface area contributed by atoms with E-state index in [1.165, 1.54) is 21.5 Å². The van der Waals surface area contributed by atoms with Gasteiger partial charge >= 0.3 is 0 Å². The van der Waals surface area contributed by atoms with Crippen LogP contribution in [0.15, 0.2) is 109 Å². The van der Waals surface area contributed by atoms with Crippen LogP contribution in [0.5, 0.6) is 0 Å². The summed E-state index contributed by atoms with van der Waals surface area (Å²) in [7, 11) is -2.76. The van der Waals surface area contributed by atoms with Gasteiger partial charge in [-0.3, -0.25) is 20.2 Å². The molecule has 2 aliphatic rings. The highest BCUT2D eigenvalue weighted by Gasteiger charge is 2.53. The molecule has 7 heteroatoms. The molecule has 4 aromatic rings. The largest absolute Gasteiger partial charge is 0.269 e. The van der Waals surface area contributed by atoms with Gasteiger partial charge in [0.1, 0.15) is 0 Å². The van der Waals surface area contributed by atoms with Gasteiger partial charge in [0, 0.05) is 24.3 Å². The van der Waals surface area contributed by atoms with Crippen molar-refractivity contribution in [2.75, 3.05) is 0 Å². The molecule has 6 nitrogen and oxygen atoms in total. The second kappa shape index (κ2) is 7.71. The highest BCUT2D eigenvalue weighted by atomic mass is 28.3.